The van der Waals surface area contributed by atoms with Crippen molar-refractivity contribution < 1.29 is 17.9 Å². The molecule has 0 aliphatic carbocycles. The summed E-state index contributed by atoms with van der Waals surface area (Å²) in [5, 5.41) is 0. The summed E-state index contributed by atoms with van der Waals surface area (Å²) in [6, 6.07) is 2.65. The second-order valence-corrected chi connectivity index (χ2v) is 3.30. The topological polar surface area (TPSA) is 61.3 Å². The van der Waals surface area contributed by atoms with Crippen LogP contribution in [0.5, 0.6) is 5.75 Å². The van der Waals surface area contributed by atoms with Crippen LogP contribution in [0.25, 0.3) is 0 Å². The van der Waals surface area contributed by atoms with Crippen molar-refractivity contribution in [2.45, 2.75) is 12.2 Å². The van der Waals surface area contributed by atoms with Gasteiger partial charge in [-0.05, 0) is 12.1 Å². The first-order chi connectivity index (χ1) is 7.40. The number of methoxy groups -OCH3 is 1. The summed E-state index contributed by atoms with van der Waals surface area (Å²) in [6.45, 7) is 0.141. The molecule has 0 heterocycles. The van der Waals surface area contributed by atoms with Crippen molar-refractivity contribution in [3.63, 3.8) is 0 Å². The van der Waals surface area contributed by atoms with Gasteiger partial charge in [0.2, 0.25) is 0 Å². The summed E-state index contributed by atoms with van der Waals surface area (Å²) in [6.07, 6.45) is -4.39. The third-order valence-electron chi connectivity index (χ3n) is 2.21. The first-order valence-corrected chi connectivity index (χ1v) is 4.61. The molecule has 0 amide bonds. The van der Waals surface area contributed by atoms with Crippen LogP contribution in [0.1, 0.15) is 17.2 Å². The molecule has 6 heteroatoms. The monoisotopic (exact) mass is 234 g/mol. The SMILES string of the molecule is COc1cc(C(F)(F)F)ccc1[C@@H](N)CN. The standard InChI is InChI=1S/C10H13F3N2O/c1-16-9-4-6(10(11,12)13)2-3-7(9)8(15)5-14/h2-4,8H,5,14-15H2,1H3/t8-/m0/s1. The van der Waals surface area contributed by atoms with Crippen LogP contribution in [-0.4, -0.2) is 13.7 Å². The molecule has 0 bridgehead atoms. The number of rotatable bonds is 3. The van der Waals surface area contributed by atoms with E-state index in [0.717, 1.165) is 12.1 Å². The third-order valence-corrected chi connectivity index (χ3v) is 2.21. The van der Waals surface area contributed by atoms with E-state index in [1.165, 1.54) is 13.2 Å². The Bertz CT molecular complexity index is 366. The van der Waals surface area contributed by atoms with E-state index in [9.17, 15) is 13.2 Å². The Morgan fingerprint density at radius 1 is 1.38 bits per heavy atom. The maximum Gasteiger partial charge on any atom is 0.416 e. The van der Waals surface area contributed by atoms with Crippen LogP contribution in [0.15, 0.2) is 18.2 Å². The van der Waals surface area contributed by atoms with Gasteiger partial charge in [0, 0.05) is 18.2 Å². The Morgan fingerprint density at radius 3 is 2.44 bits per heavy atom. The lowest BCUT2D eigenvalue weighted by molar-refractivity contribution is -0.137. The number of hydrogen-bond donors (Lipinski definition) is 2. The summed E-state index contributed by atoms with van der Waals surface area (Å²) in [5.74, 6) is 0.104. The summed E-state index contributed by atoms with van der Waals surface area (Å²) in [7, 11) is 1.29. The Hall–Kier alpha value is -1.27. The zero-order valence-corrected chi connectivity index (χ0v) is 8.71. The molecule has 1 aromatic carbocycles. The summed E-state index contributed by atoms with van der Waals surface area (Å²) >= 11 is 0. The van der Waals surface area contributed by atoms with Gasteiger partial charge in [0.25, 0.3) is 0 Å². The minimum absolute atomic E-state index is 0.104. The van der Waals surface area contributed by atoms with Crippen molar-refractivity contribution in [1.82, 2.24) is 0 Å². The second kappa shape index (κ2) is 4.71. The number of alkyl halides is 3. The van der Waals surface area contributed by atoms with Crippen LogP contribution in [0.2, 0.25) is 0 Å². The van der Waals surface area contributed by atoms with Crippen LogP contribution >= 0.6 is 0 Å². The Kier molecular flexibility index (Phi) is 3.77. The Morgan fingerprint density at radius 2 is 2.00 bits per heavy atom. The quantitative estimate of drug-likeness (QED) is 0.836. The van der Waals surface area contributed by atoms with Gasteiger partial charge in [-0.3, -0.25) is 0 Å². The van der Waals surface area contributed by atoms with Gasteiger partial charge < -0.3 is 16.2 Å². The molecule has 0 aliphatic heterocycles. The summed E-state index contributed by atoms with van der Waals surface area (Å²) in [5.41, 5.74) is 10.7. The van der Waals surface area contributed by atoms with E-state index in [-0.39, 0.29) is 12.3 Å². The highest BCUT2D eigenvalue weighted by molar-refractivity contribution is 5.40. The lowest BCUT2D eigenvalue weighted by atomic mass is 10.0. The van der Waals surface area contributed by atoms with E-state index in [2.05, 4.69) is 0 Å². The fraction of sp³-hybridized carbons (Fsp3) is 0.400. The van der Waals surface area contributed by atoms with Crippen LogP contribution in [0.4, 0.5) is 13.2 Å². The fourth-order valence-corrected chi connectivity index (χ4v) is 1.32. The van der Waals surface area contributed by atoms with Crippen LogP contribution in [0, 0.1) is 0 Å². The maximum atomic E-state index is 12.4. The molecular weight excluding hydrogens is 221 g/mol. The molecule has 0 aromatic heterocycles. The normalized spacial score (nSPS) is 13.6. The van der Waals surface area contributed by atoms with Gasteiger partial charge in [-0.25, -0.2) is 0 Å². The predicted molar refractivity (Wildman–Crippen MR) is 54.0 cm³/mol. The number of ether oxygens (including phenoxy) is 1. The average Bonchev–Trinajstić information content (AvgIpc) is 2.26. The number of hydrogen-bond acceptors (Lipinski definition) is 3. The van der Waals surface area contributed by atoms with E-state index in [1.54, 1.807) is 0 Å². The van der Waals surface area contributed by atoms with Gasteiger partial charge in [0.15, 0.2) is 0 Å². The smallest absolute Gasteiger partial charge is 0.416 e. The molecule has 0 radical (unpaired) electrons. The van der Waals surface area contributed by atoms with Crippen molar-refractivity contribution in [1.29, 1.82) is 0 Å². The van der Waals surface area contributed by atoms with Gasteiger partial charge in [0.05, 0.1) is 12.7 Å². The van der Waals surface area contributed by atoms with Gasteiger partial charge in [-0.15, -0.1) is 0 Å². The first-order valence-electron chi connectivity index (χ1n) is 4.61. The number of benzene rings is 1. The van der Waals surface area contributed by atoms with Crippen molar-refractivity contribution in [3.8, 4) is 5.75 Å². The Labute approximate surface area is 91.2 Å². The van der Waals surface area contributed by atoms with Crippen LogP contribution in [-0.2, 0) is 6.18 Å². The minimum Gasteiger partial charge on any atom is -0.496 e. The molecule has 90 valence electrons. The zero-order chi connectivity index (χ0) is 12.3. The molecule has 0 aliphatic rings. The minimum atomic E-state index is -4.39. The number of halogens is 3. The maximum absolute atomic E-state index is 12.4. The molecular formula is C10H13F3N2O. The lowest BCUT2D eigenvalue weighted by Gasteiger charge is -2.16. The van der Waals surface area contributed by atoms with Crippen molar-refractivity contribution in [2.24, 2.45) is 11.5 Å². The predicted octanol–water partition coefficient (Wildman–Crippen LogP) is 1.67. The molecule has 16 heavy (non-hydrogen) atoms. The third kappa shape index (κ3) is 2.65. The van der Waals surface area contributed by atoms with Crippen molar-refractivity contribution >= 4 is 0 Å². The van der Waals surface area contributed by atoms with E-state index in [1.807, 2.05) is 0 Å². The van der Waals surface area contributed by atoms with Gasteiger partial charge in [-0.1, -0.05) is 6.07 Å². The molecule has 0 fully saturated rings. The fourth-order valence-electron chi connectivity index (χ4n) is 1.32. The lowest BCUT2D eigenvalue weighted by Crippen LogP contribution is -2.21. The first kappa shape index (κ1) is 12.8. The zero-order valence-electron chi connectivity index (χ0n) is 8.71. The highest BCUT2D eigenvalue weighted by Crippen LogP contribution is 2.34. The van der Waals surface area contributed by atoms with Gasteiger partial charge in [-0.2, -0.15) is 13.2 Å². The molecule has 1 aromatic rings. The molecule has 0 saturated heterocycles. The second-order valence-electron chi connectivity index (χ2n) is 3.30. The van der Waals surface area contributed by atoms with Gasteiger partial charge >= 0.3 is 6.18 Å². The molecule has 0 unspecified atom stereocenters. The Balaban J connectivity index is 3.17. The molecule has 4 N–H and O–H groups in total. The molecule has 0 spiro atoms. The van der Waals surface area contributed by atoms with E-state index < -0.39 is 17.8 Å². The molecule has 1 atom stereocenters. The highest BCUT2D eigenvalue weighted by Gasteiger charge is 2.31. The molecule has 3 nitrogen and oxygen atoms in total. The molecule has 1 rings (SSSR count). The van der Waals surface area contributed by atoms with E-state index in [4.69, 9.17) is 16.2 Å². The average molecular weight is 234 g/mol. The van der Waals surface area contributed by atoms with Crippen LogP contribution in [0.3, 0.4) is 0 Å². The highest BCUT2D eigenvalue weighted by atomic mass is 19.4. The molecule has 0 saturated carbocycles. The van der Waals surface area contributed by atoms with Gasteiger partial charge in [0.1, 0.15) is 5.75 Å². The number of nitrogens with two attached hydrogens (primary N) is 2. The largest absolute Gasteiger partial charge is 0.496 e. The van der Waals surface area contributed by atoms with Crippen molar-refractivity contribution in [2.75, 3.05) is 13.7 Å². The van der Waals surface area contributed by atoms with E-state index in [0.29, 0.717) is 5.56 Å². The summed E-state index contributed by atoms with van der Waals surface area (Å²) < 4.78 is 42.1. The van der Waals surface area contributed by atoms with Crippen LogP contribution < -0.4 is 16.2 Å². The van der Waals surface area contributed by atoms with Crippen molar-refractivity contribution in [3.05, 3.63) is 29.3 Å². The summed E-state index contributed by atoms with van der Waals surface area (Å²) in [4.78, 5) is 0. The van der Waals surface area contributed by atoms with E-state index >= 15 is 0 Å².